The molecule has 0 radical (unpaired) electrons. The molecule has 5 rings (SSSR count). The molecule has 1 unspecified atom stereocenters. The van der Waals surface area contributed by atoms with Crippen LogP contribution in [0.25, 0.3) is 21.9 Å². The van der Waals surface area contributed by atoms with Crippen molar-refractivity contribution in [2.24, 2.45) is 0 Å². The Morgan fingerprint density at radius 1 is 1.28 bits per heavy atom. The van der Waals surface area contributed by atoms with E-state index in [-0.39, 0.29) is 19.6 Å². The van der Waals surface area contributed by atoms with E-state index in [4.69, 9.17) is 21.5 Å². The number of carbonyl (C=O) groups is 1. The number of pyridine rings is 1. The molecule has 1 fully saturated rings. The van der Waals surface area contributed by atoms with Gasteiger partial charge in [0.15, 0.2) is 0 Å². The minimum absolute atomic E-state index is 0.215. The number of likely N-dealkylation sites (tertiary alicyclic amines) is 1. The minimum Gasteiger partial charge on any atom is -0.475 e. The number of nitrogens with zero attached hydrogens (tertiary/aromatic N) is 7. The van der Waals surface area contributed by atoms with E-state index in [1.165, 1.54) is 0 Å². The predicted molar refractivity (Wildman–Crippen MR) is 119 cm³/mol. The SMILES string of the molecule is Cc1cn(Cc2nc3cnc4ccc(Cl)cc4c3n2C2CN(C)CC2(F)F)nn1.O=C(O)C(F)(F)F. The largest absolute Gasteiger partial charge is 0.490 e. The molecule has 0 bridgehead atoms. The summed E-state index contributed by atoms with van der Waals surface area (Å²) in [7, 11) is 1.70. The topological polar surface area (TPSA) is 102 Å². The summed E-state index contributed by atoms with van der Waals surface area (Å²) < 4.78 is 65.0. The summed E-state index contributed by atoms with van der Waals surface area (Å²) in [5, 5.41) is 16.4. The molecule has 1 aliphatic heterocycles. The van der Waals surface area contributed by atoms with E-state index in [9.17, 15) is 22.0 Å². The zero-order chi connectivity index (χ0) is 26.4. The van der Waals surface area contributed by atoms with Crippen LogP contribution in [0.2, 0.25) is 5.02 Å². The van der Waals surface area contributed by atoms with Gasteiger partial charge in [0.25, 0.3) is 5.92 Å². The number of rotatable bonds is 3. The average Bonchev–Trinajstić information content (AvgIpc) is 3.41. The number of aliphatic carboxylic acids is 1. The Morgan fingerprint density at radius 3 is 2.53 bits per heavy atom. The Morgan fingerprint density at radius 2 is 1.97 bits per heavy atom. The lowest BCUT2D eigenvalue weighted by atomic mass is 10.1. The Balaban J connectivity index is 0.000000384. The maximum absolute atomic E-state index is 15.0. The van der Waals surface area contributed by atoms with Gasteiger partial charge in [0.1, 0.15) is 23.9 Å². The number of alkyl halides is 5. The van der Waals surface area contributed by atoms with Gasteiger partial charge in [-0.3, -0.25) is 9.88 Å². The molecule has 192 valence electrons. The monoisotopic (exact) mass is 531 g/mol. The molecule has 1 atom stereocenters. The molecule has 4 heterocycles. The summed E-state index contributed by atoms with van der Waals surface area (Å²) in [6, 6.07) is 4.22. The van der Waals surface area contributed by atoms with Crippen LogP contribution in [0.5, 0.6) is 0 Å². The molecule has 4 aromatic rings. The predicted octanol–water partition coefficient (Wildman–Crippen LogP) is 3.94. The second-order valence-electron chi connectivity index (χ2n) is 8.39. The van der Waals surface area contributed by atoms with E-state index < -0.39 is 24.1 Å². The molecule has 1 aromatic carbocycles. The van der Waals surface area contributed by atoms with Gasteiger partial charge in [-0.15, -0.1) is 5.10 Å². The number of aryl methyl sites for hydroxylation is 1. The van der Waals surface area contributed by atoms with Crippen LogP contribution in [0.15, 0.2) is 30.6 Å². The fourth-order valence-corrected chi connectivity index (χ4v) is 4.26. The number of imidazole rings is 1. The van der Waals surface area contributed by atoms with Crippen molar-refractivity contribution < 1.29 is 31.9 Å². The molecule has 3 aromatic heterocycles. The first-order valence-corrected chi connectivity index (χ1v) is 10.8. The average molecular weight is 532 g/mol. The smallest absolute Gasteiger partial charge is 0.475 e. The van der Waals surface area contributed by atoms with Gasteiger partial charge in [0.05, 0.1) is 29.5 Å². The summed E-state index contributed by atoms with van der Waals surface area (Å²) in [5.41, 5.74) is 2.60. The molecule has 36 heavy (non-hydrogen) atoms. The van der Waals surface area contributed by atoms with Crippen molar-refractivity contribution in [2.75, 3.05) is 20.1 Å². The van der Waals surface area contributed by atoms with Crippen LogP contribution < -0.4 is 0 Å². The molecule has 15 heteroatoms. The first-order chi connectivity index (χ1) is 16.8. The van der Waals surface area contributed by atoms with Crippen molar-refractivity contribution in [1.82, 2.24) is 34.4 Å². The highest BCUT2D eigenvalue weighted by Gasteiger charge is 2.49. The lowest BCUT2D eigenvalue weighted by Gasteiger charge is -2.22. The Hall–Kier alpha value is -3.39. The minimum atomic E-state index is -5.08. The first-order valence-electron chi connectivity index (χ1n) is 10.4. The summed E-state index contributed by atoms with van der Waals surface area (Å²) in [5.74, 6) is -5.17. The van der Waals surface area contributed by atoms with E-state index >= 15 is 0 Å². The van der Waals surface area contributed by atoms with Crippen molar-refractivity contribution in [2.45, 2.75) is 31.6 Å². The van der Waals surface area contributed by atoms with Crippen molar-refractivity contribution in [3.8, 4) is 0 Å². The number of fused-ring (bicyclic) bond motifs is 3. The summed E-state index contributed by atoms with van der Waals surface area (Å²) in [6.45, 7) is 1.97. The van der Waals surface area contributed by atoms with Crippen LogP contribution >= 0.6 is 11.6 Å². The zero-order valence-corrected chi connectivity index (χ0v) is 19.6. The number of carboxylic acid groups (broad SMARTS) is 1. The molecule has 0 spiro atoms. The molecule has 1 saturated heterocycles. The van der Waals surface area contributed by atoms with Gasteiger partial charge in [-0.25, -0.2) is 23.2 Å². The number of aromatic nitrogens is 6. The highest BCUT2D eigenvalue weighted by Crippen LogP contribution is 2.40. The van der Waals surface area contributed by atoms with Gasteiger partial charge in [-0.1, -0.05) is 16.8 Å². The molecule has 1 N–H and O–H groups in total. The fourth-order valence-electron chi connectivity index (χ4n) is 4.09. The van der Waals surface area contributed by atoms with Gasteiger partial charge in [0.2, 0.25) is 0 Å². The van der Waals surface area contributed by atoms with E-state index in [0.717, 1.165) is 5.69 Å². The second-order valence-corrected chi connectivity index (χ2v) is 8.82. The summed E-state index contributed by atoms with van der Waals surface area (Å²) in [4.78, 5) is 19.6. The van der Waals surface area contributed by atoms with Crippen molar-refractivity contribution in [3.63, 3.8) is 0 Å². The highest BCUT2D eigenvalue weighted by atomic mass is 35.5. The van der Waals surface area contributed by atoms with Crippen LogP contribution in [0.1, 0.15) is 17.6 Å². The van der Waals surface area contributed by atoms with Gasteiger partial charge in [-0.05, 0) is 32.2 Å². The third kappa shape index (κ3) is 5.09. The van der Waals surface area contributed by atoms with Crippen LogP contribution in [0.3, 0.4) is 0 Å². The third-order valence-electron chi connectivity index (χ3n) is 5.51. The molecular weight excluding hydrogens is 513 g/mol. The lowest BCUT2D eigenvalue weighted by molar-refractivity contribution is -0.192. The van der Waals surface area contributed by atoms with E-state index in [0.29, 0.717) is 32.8 Å². The number of hydrogen-bond donors (Lipinski definition) is 1. The van der Waals surface area contributed by atoms with Crippen molar-refractivity contribution >= 4 is 39.5 Å². The Labute approximate surface area is 205 Å². The van der Waals surface area contributed by atoms with Gasteiger partial charge < -0.3 is 9.67 Å². The lowest BCUT2D eigenvalue weighted by Crippen LogP contribution is -2.31. The first kappa shape index (κ1) is 25.7. The van der Waals surface area contributed by atoms with Crippen molar-refractivity contribution in [1.29, 1.82) is 0 Å². The number of carboxylic acids is 1. The van der Waals surface area contributed by atoms with E-state index in [2.05, 4.69) is 20.3 Å². The van der Waals surface area contributed by atoms with Crippen LogP contribution in [-0.2, 0) is 11.3 Å². The van der Waals surface area contributed by atoms with Crippen LogP contribution in [0.4, 0.5) is 22.0 Å². The van der Waals surface area contributed by atoms with Gasteiger partial charge in [0, 0.05) is 23.2 Å². The van der Waals surface area contributed by atoms with Gasteiger partial charge in [-0.2, -0.15) is 13.2 Å². The number of likely N-dealkylation sites (N-methyl/N-ethyl adjacent to an activating group) is 1. The second kappa shape index (κ2) is 9.24. The van der Waals surface area contributed by atoms with Crippen LogP contribution in [0, 0.1) is 6.92 Å². The summed E-state index contributed by atoms with van der Waals surface area (Å²) in [6.07, 6.45) is -1.70. The van der Waals surface area contributed by atoms with E-state index in [1.54, 1.807) is 51.8 Å². The standard InChI is InChI=1S/C19H18ClF2N7.C2HF3O2/c1-11-7-28(26-25-11)9-17-24-15-6-23-14-4-3-12(20)5-13(14)18(15)29(17)16-8-27(2)10-19(16,21)22;3-2(4,5)1(6)7/h3-7,16H,8-10H2,1-2H3;(H,6,7). The Kier molecular flexibility index (Phi) is 6.60. The third-order valence-corrected chi connectivity index (χ3v) is 5.75. The van der Waals surface area contributed by atoms with Gasteiger partial charge >= 0.3 is 12.1 Å². The quantitative estimate of drug-likeness (QED) is 0.400. The number of benzene rings is 1. The van der Waals surface area contributed by atoms with Crippen molar-refractivity contribution in [3.05, 3.63) is 47.1 Å². The number of hydrogen-bond acceptors (Lipinski definition) is 6. The molecule has 1 aliphatic rings. The molecular formula is C21H19ClF5N7O2. The Bertz CT molecular complexity index is 1440. The molecule has 0 aliphatic carbocycles. The van der Waals surface area contributed by atoms with Crippen LogP contribution in [-0.4, -0.2) is 77.7 Å². The maximum atomic E-state index is 15.0. The molecule has 0 saturated carbocycles. The van der Waals surface area contributed by atoms with E-state index in [1.807, 2.05) is 6.92 Å². The normalized spacial score (nSPS) is 17.9. The fraction of sp³-hybridized carbons (Fsp3) is 0.381. The maximum Gasteiger partial charge on any atom is 0.490 e. The molecule has 9 nitrogen and oxygen atoms in total. The molecule has 0 amide bonds. The number of halogens is 6. The highest BCUT2D eigenvalue weighted by molar-refractivity contribution is 6.31. The zero-order valence-electron chi connectivity index (χ0n) is 18.8. The summed E-state index contributed by atoms with van der Waals surface area (Å²) >= 11 is 6.21.